The highest BCUT2D eigenvalue weighted by Gasteiger charge is 2.04. The third-order valence-corrected chi connectivity index (χ3v) is 3.31. The number of aromatic nitrogens is 1. The largest absolute Gasteiger partial charge is 0.360 e. The molecule has 0 spiro atoms. The van der Waals surface area contributed by atoms with Gasteiger partial charge in [0.25, 0.3) is 0 Å². The zero-order valence-corrected chi connectivity index (χ0v) is 10.7. The van der Waals surface area contributed by atoms with E-state index in [4.69, 9.17) is 0 Å². The van der Waals surface area contributed by atoms with Crippen LogP contribution < -0.4 is 0 Å². The van der Waals surface area contributed by atoms with Gasteiger partial charge < -0.3 is 4.98 Å². The van der Waals surface area contributed by atoms with Crippen LogP contribution in [0.15, 0.2) is 28.9 Å². The van der Waals surface area contributed by atoms with Gasteiger partial charge in [-0.05, 0) is 34.0 Å². The van der Waals surface area contributed by atoms with Crippen LogP contribution in [0, 0.1) is 0 Å². The topological polar surface area (TPSA) is 15.8 Å². The number of fused-ring (bicyclic) bond motifs is 1. The van der Waals surface area contributed by atoms with Crippen LogP contribution in [-0.2, 0) is 6.42 Å². The van der Waals surface area contributed by atoms with Gasteiger partial charge in [0.15, 0.2) is 0 Å². The molecule has 13 heavy (non-hydrogen) atoms. The number of aryl methyl sites for hydroxylation is 1. The van der Waals surface area contributed by atoms with Crippen LogP contribution >= 0.6 is 38.5 Å². The molecule has 2 aromatic rings. The summed E-state index contributed by atoms with van der Waals surface area (Å²) in [4.78, 5) is 3.29. The fourth-order valence-corrected chi connectivity index (χ4v) is 2.55. The van der Waals surface area contributed by atoms with Crippen molar-refractivity contribution in [2.75, 3.05) is 4.43 Å². The molecule has 1 aromatic carbocycles. The summed E-state index contributed by atoms with van der Waals surface area (Å²) >= 11 is 5.93. The Hall–Kier alpha value is -0.0300. The third-order valence-electron chi connectivity index (χ3n) is 2.11. The number of nitrogens with one attached hydrogen (secondary N) is 1. The van der Waals surface area contributed by atoms with E-state index in [-0.39, 0.29) is 0 Å². The zero-order chi connectivity index (χ0) is 9.26. The lowest BCUT2D eigenvalue weighted by Crippen LogP contribution is -1.81. The molecule has 0 bridgehead atoms. The Bertz CT molecular complexity index is 422. The normalized spacial score (nSPS) is 10.9. The molecule has 0 saturated heterocycles. The van der Waals surface area contributed by atoms with E-state index in [0.717, 1.165) is 15.3 Å². The smallest absolute Gasteiger partial charge is 0.0601 e. The number of aromatic amines is 1. The molecule has 1 heterocycles. The van der Waals surface area contributed by atoms with Gasteiger partial charge in [-0.15, -0.1) is 0 Å². The number of hydrogen-bond acceptors (Lipinski definition) is 0. The summed E-state index contributed by atoms with van der Waals surface area (Å²) in [6, 6.07) is 6.31. The first-order valence-electron chi connectivity index (χ1n) is 4.13. The molecular formula is C10H9BrIN. The van der Waals surface area contributed by atoms with E-state index in [1.165, 1.54) is 16.5 Å². The average Bonchev–Trinajstić information content (AvgIpc) is 2.51. The highest BCUT2D eigenvalue weighted by molar-refractivity contribution is 14.1. The molecule has 0 unspecified atom stereocenters. The summed E-state index contributed by atoms with van der Waals surface area (Å²) in [6.45, 7) is 0. The number of para-hydroxylation sites is 1. The number of rotatable bonds is 2. The van der Waals surface area contributed by atoms with Gasteiger partial charge in [0.05, 0.1) is 5.52 Å². The Morgan fingerprint density at radius 2 is 2.23 bits per heavy atom. The van der Waals surface area contributed by atoms with Crippen LogP contribution in [0.5, 0.6) is 0 Å². The molecule has 0 fully saturated rings. The highest BCUT2D eigenvalue weighted by Crippen LogP contribution is 2.25. The van der Waals surface area contributed by atoms with Gasteiger partial charge in [-0.1, -0.05) is 34.7 Å². The number of H-pyrrole nitrogens is 1. The quantitative estimate of drug-likeness (QED) is 0.625. The fraction of sp³-hybridized carbons (Fsp3) is 0.200. The second kappa shape index (κ2) is 4.00. The van der Waals surface area contributed by atoms with Gasteiger partial charge in [0.1, 0.15) is 0 Å². The van der Waals surface area contributed by atoms with Crippen molar-refractivity contribution in [1.29, 1.82) is 0 Å². The van der Waals surface area contributed by atoms with Crippen LogP contribution in [0.3, 0.4) is 0 Å². The van der Waals surface area contributed by atoms with Crippen molar-refractivity contribution in [3.8, 4) is 0 Å². The molecule has 1 aromatic heterocycles. The predicted molar refractivity (Wildman–Crippen MR) is 68.6 cm³/mol. The average molecular weight is 350 g/mol. The third kappa shape index (κ3) is 1.76. The molecule has 0 saturated carbocycles. The summed E-state index contributed by atoms with van der Waals surface area (Å²) in [5, 5.41) is 1.34. The monoisotopic (exact) mass is 349 g/mol. The van der Waals surface area contributed by atoms with E-state index in [9.17, 15) is 0 Å². The Morgan fingerprint density at radius 1 is 1.38 bits per heavy atom. The lowest BCUT2D eigenvalue weighted by Gasteiger charge is -1.95. The van der Waals surface area contributed by atoms with Crippen molar-refractivity contribution in [3.63, 3.8) is 0 Å². The Morgan fingerprint density at radius 3 is 3.00 bits per heavy atom. The lowest BCUT2D eigenvalue weighted by atomic mass is 10.1. The molecule has 0 atom stereocenters. The molecule has 0 aliphatic heterocycles. The van der Waals surface area contributed by atoms with E-state index in [2.05, 4.69) is 67.9 Å². The van der Waals surface area contributed by atoms with Crippen molar-refractivity contribution in [2.24, 2.45) is 0 Å². The fourth-order valence-electron chi connectivity index (χ4n) is 1.48. The molecule has 2 rings (SSSR count). The first-order chi connectivity index (χ1) is 6.33. The van der Waals surface area contributed by atoms with E-state index in [1.807, 2.05) is 0 Å². The number of alkyl halides is 1. The molecule has 1 N–H and O–H groups in total. The van der Waals surface area contributed by atoms with E-state index < -0.39 is 0 Å². The van der Waals surface area contributed by atoms with Gasteiger partial charge in [-0.2, -0.15) is 0 Å². The van der Waals surface area contributed by atoms with Gasteiger partial charge in [-0.25, -0.2) is 0 Å². The molecule has 0 radical (unpaired) electrons. The maximum Gasteiger partial charge on any atom is 0.0601 e. The summed E-state index contributed by atoms with van der Waals surface area (Å²) in [5.74, 6) is 0. The lowest BCUT2D eigenvalue weighted by molar-refractivity contribution is 1.20. The maximum atomic E-state index is 3.53. The van der Waals surface area contributed by atoms with Crippen molar-refractivity contribution in [3.05, 3.63) is 34.4 Å². The first kappa shape index (κ1) is 9.52. The minimum absolute atomic E-state index is 1.14. The van der Waals surface area contributed by atoms with Crippen LogP contribution in [-0.4, -0.2) is 9.41 Å². The zero-order valence-electron chi connectivity index (χ0n) is 6.98. The van der Waals surface area contributed by atoms with E-state index >= 15 is 0 Å². The number of halogens is 2. The summed E-state index contributed by atoms with van der Waals surface area (Å²) in [7, 11) is 0. The van der Waals surface area contributed by atoms with Crippen LogP contribution in [0.4, 0.5) is 0 Å². The Kier molecular flexibility index (Phi) is 2.93. The molecule has 68 valence electrons. The second-order valence-electron chi connectivity index (χ2n) is 2.92. The van der Waals surface area contributed by atoms with Crippen molar-refractivity contribution >= 4 is 49.4 Å². The molecule has 0 amide bonds. The van der Waals surface area contributed by atoms with Crippen molar-refractivity contribution in [2.45, 2.75) is 6.42 Å². The van der Waals surface area contributed by atoms with E-state index in [1.54, 1.807) is 0 Å². The van der Waals surface area contributed by atoms with Gasteiger partial charge in [0, 0.05) is 20.5 Å². The highest BCUT2D eigenvalue weighted by atomic mass is 127. The predicted octanol–water partition coefficient (Wildman–Crippen LogP) is 3.91. The van der Waals surface area contributed by atoms with Gasteiger partial charge in [-0.3, -0.25) is 0 Å². The summed E-state index contributed by atoms with van der Waals surface area (Å²) < 4.78 is 2.31. The Labute approximate surface area is 99.2 Å². The standard InChI is InChI=1S/C10H9BrIN/c11-9-3-1-2-8-7(4-5-12)6-13-10(8)9/h1-3,6,13H,4-5H2. The number of hydrogen-bond donors (Lipinski definition) is 1. The number of benzene rings is 1. The molecule has 1 nitrogen and oxygen atoms in total. The summed E-state index contributed by atoms with van der Waals surface area (Å²) in [6.07, 6.45) is 3.24. The van der Waals surface area contributed by atoms with Crippen LogP contribution in [0.2, 0.25) is 0 Å². The molecular weight excluding hydrogens is 341 g/mol. The van der Waals surface area contributed by atoms with Gasteiger partial charge >= 0.3 is 0 Å². The van der Waals surface area contributed by atoms with E-state index in [0.29, 0.717) is 0 Å². The van der Waals surface area contributed by atoms with Gasteiger partial charge in [0.2, 0.25) is 0 Å². The first-order valence-corrected chi connectivity index (χ1v) is 6.45. The van der Waals surface area contributed by atoms with Crippen molar-refractivity contribution < 1.29 is 0 Å². The minimum Gasteiger partial charge on any atom is -0.360 e. The van der Waals surface area contributed by atoms with Crippen molar-refractivity contribution in [1.82, 2.24) is 4.98 Å². The molecule has 3 heteroatoms. The van der Waals surface area contributed by atoms with Crippen LogP contribution in [0.25, 0.3) is 10.9 Å². The Balaban J connectivity index is 2.61. The second-order valence-corrected chi connectivity index (χ2v) is 4.85. The molecule has 0 aliphatic rings. The minimum atomic E-state index is 1.14. The van der Waals surface area contributed by atoms with Crippen LogP contribution in [0.1, 0.15) is 5.56 Å². The molecule has 0 aliphatic carbocycles. The summed E-state index contributed by atoms with van der Waals surface area (Å²) in [5.41, 5.74) is 2.62. The maximum absolute atomic E-state index is 3.53. The SMILES string of the molecule is Brc1cccc2c(CCI)c[nH]c12.